The fourth-order valence-electron chi connectivity index (χ4n) is 4.68. The van der Waals surface area contributed by atoms with E-state index in [-0.39, 0.29) is 17.4 Å². The zero-order valence-electron chi connectivity index (χ0n) is 19.6. The predicted octanol–water partition coefficient (Wildman–Crippen LogP) is 1.53. The Bertz CT molecular complexity index is 1300. The number of aliphatic hydroxyl groups excluding tert-OH is 1. The molecule has 2 aliphatic rings. The third kappa shape index (κ3) is 5.35. The molecule has 0 unspecified atom stereocenters. The number of anilines is 1. The van der Waals surface area contributed by atoms with Crippen LogP contribution in [-0.2, 0) is 17.9 Å². The van der Waals surface area contributed by atoms with E-state index in [0.29, 0.717) is 50.0 Å². The highest BCUT2D eigenvalue weighted by Gasteiger charge is 2.30. The second-order valence-corrected chi connectivity index (χ2v) is 9.97. The number of aromatic nitrogens is 2. The number of β-amino-alcohol motifs (C(OH)–C–C–N with tert-alkyl or cyclic N) is 1. The zero-order chi connectivity index (χ0) is 24.4. The molecule has 2 aliphatic heterocycles. The first-order valence-electron chi connectivity index (χ1n) is 11.7. The second-order valence-electron chi connectivity index (χ2n) is 8.95. The number of methoxy groups -OCH3 is 1. The van der Waals surface area contributed by atoms with Crippen LogP contribution in [0.4, 0.5) is 5.82 Å². The molecule has 5 rings (SSSR count). The Hall–Kier alpha value is -2.92. The van der Waals surface area contributed by atoms with Crippen LogP contribution >= 0.6 is 11.8 Å². The van der Waals surface area contributed by atoms with Crippen LogP contribution in [0.3, 0.4) is 0 Å². The number of aliphatic hydroxyl groups is 1. The summed E-state index contributed by atoms with van der Waals surface area (Å²) in [6.45, 7) is 3.76. The van der Waals surface area contributed by atoms with E-state index in [4.69, 9.17) is 4.74 Å². The maximum atomic E-state index is 12.6. The number of likely N-dealkylation sites (tertiary alicyclic amines) is 1. The molecule has 2 aromatic heterocycles. The first-order valence-corrected chi connectivity index (χ1v) is 12.7. The molecule has 1 aromatic carbocycles. The van der Waals surface area contributed by atoms with Gasteiger partial charge in [0.05, 0.1) is 35.1 Å². The van der Waals surface area contributed by atoms with E-state index in [1.807, 2.05) is 36.4 Å². The maximum absolute atomic E-state index is 12.6. The molecule has 1 amide bonds. The third-order valence-corrected chi connectivity index (χ3v) is 7.61. The topological polar surface area (TPSA) is 109 Å². The van der Waals surface area contributed by atoms with Crippen molar-refractivity contribution >= 4 is 34.4 Å². The lowest BCUT2D eigenvalue weighted by atomic mass is 10.1. The van der Waals surface area contributed by atoms with Gasteiger partial charge in [0.2, 0.25) is 5.91 Å². The van der Waals surface area contributed by atoms with Gasteiger partial charge in [-0.3, -0.25) is 14.5 Å². The molecule has 184 valence electrons. The van der Waals surface area contributed by atoms with Gasteiger partial charge in [-0.1, -0.05) is 0 Å². The SMILES string of the molecule is COc1ccc2ccc(=O)n(CCN3C[C@@H](CNCc4ccc5c(n4)NC(=O)CS5)[C@@H](O)C3)c2c1. The van der Waals surface area contributed by atoms with Crippen LogP contribution in [0.2, 0.25) is 0 Å². The molecule has 9 nitrogen and oxygen atoms in total. The largest absolute Gasteiger partial charge is 0.497 e. The van der Waals surface area contributed by atoms with E-state index in [9.17, 15) is 14.7 Å². The minimum Gasteiger partial charge on any atom is -0.497 e. The molecule has 10 heteroatoms. The van der Waals surface area contributed by atoms with E-state index >= 15 is 0 Å². The lowest BCUT2D eigenvalue weighted by Crippen LogP contribution is -2.31. The van der Waals surface area contributed by atoms with Crippen LogP contribution in [0.25, 0.3) is 10.9 Å². The second kappa shape index (κ2) is 10.4. The fraction of sp³-hybridized carbons (Fsp3) is 0.400. The van der Waals surface area contributed by atoms with E-state index < -0.39 is 6.10 Å². The first-order chi connectivity index (χ1) is 17.0. The molecule has 2 atom stereocenters. The van der Waals surface area contributed by atoms with Gasteiger partial charge in [0.25, 0.3) is 5.56 Å². The van der Waals surface area contributed by atoms with Crippen molar-refractivity contribution in [1.82, 2.24) is 19.8 Å². The molecule has 1 fully saturated rings. The highest BCUT2D eigenvalue weighted by Crippen LogP contribution is 2.29. The number of ether oxygens (including phenoxy) is 1. The summed E-state index contributed by atoms with van der Waals surface area (Å²) in [6, 6.07) is 13.1. The summed E-state index contributed by atoms with van der Waals surface area (Å²) in [5.74, 6) is 1.82. The monoisotopic (exact) mass is 495 g/mol. The van der Waals surface area contributed by atoms with Crippen molar-refractivity contribution in [2.75, 3.05) is 44.4 Å². The zero-order valence-corrected chi connectivity index (χ0v) is 20.4. The number of hydrogen-bond acceptors (Lipinski definition) is 8. The van der Waals surface area contributed by atoms with E-state index in [2.05, 4.69) is 20.5 Å². The molecular weight excluding hydrogens is 466 g/mol. The van der Waals surface area contributed by atoms with Crippen molar-refractivity contribution in [1.29, 1.82) is 0 Å². The Morgan fingerprint density at radius 1 is 1.17 bits per heavy atom. The van der Waals surface area contributed by atoms with E-state index in [0.717, 1.165) is 28.0 Å². The number of carbonyl (C=O) groups excluding carboxylic acids is 1. The van der Waals surface area contributed by atoms with E-state index in [1.54, 1.807) is 17.7 Å². The number of pyridine rings is 2. The first kappa shape index (κ1) is 23.8. The van der Waals surface area contributed by atoms with Gasteiger partial charge in [-0.2, -0.15) is 0 Å². The van der Waals surface area contributed by atoms with Gasteiger partial charge in [-0.25, -0.2) is 4.98 Å². The molecule has 0 bridgehead atoms. The highest BCUT2D eigenvalue weighted by atomic mass is 32.2. The van der Waals surface area contributed by atoms with Crippen LogP contribution < -0.4 is 20.9 Å². The number of benzene rings is 1. The molecule has 3 N–H and O–H groups in total. The molecule has 4 heterocycles. The van der Waals surface area contributed by atoms with Crippen molar-refractivity contribution in [2.24, 2.45) is 5.92 Å². The molecule has 1 saturated heterocycles. The van der Waals surface area contributed by atoms with Gasteiger partial charge >= 0.3 is 0 Å². The summed E-state index contributed by atoms with van der Waals surface area (Å²) in [4.78, 5) is 31.9. The average Bonchev–Trinajstić information content (AvgIpc) is 3.21. The van der Waals surface area contributed by atoms with Crippen molar-refractivity contribution in [2.45, 2.75) is 24.1 Å². The van der Waals surface area contributed by atoms with Crippen LogP contribution in [0, 0.1) is 5.92 Å². The molecule has 3 aromatic rings. The molecule has 0 spiro atoms. The molecule has 0 aliphatic carbocycles. The summed E-state index contributed by atoms with van der Waals surface area (Å²) >= 11 is 1.50. The van der Waals surface area contributed by atoms with Crippen LogP contribution in [0.5, 0.6) is 5.75 Å². The molecule has 35 heavy (non-hydrogen) atoms. The number of fused-ring (bicyclic) bond motifs is 2. The van der Waals surface area contributed by atoms with Gasteiger partial charge in [-0.05, 0) is 35.7 Å². The molecule has 0 radical (unpaired) electrons. The number of carbonyl (C=O) groups is 1. The van der Waals surface area contributed by atoms with Gasteiger partial charge in [0, 0.05) is 57.3 Å². The van der Waals surface area contributed by atoms with Gasteiger partial charge in [0.1, 0.15) is 11.6 Å². The number of nitrogens with zero attached hydrogens (tertiary/aromatic N) is 3. The minimum atomic E-state index is -0.431. The summed E-state index contributed by atoms with van der Waals surface area (Å²) in [7, 11) is 1.62. The highest BCUT2D eigenvalue weighted by molar-refractivity contribution is 8.00. The number of thioether (sulfide) groups is 1. The Morgan fingerprint density at radius 3 is 2.89 bits per heavy atom. The standard InChI is InChI=1S/C25H29N5O4S/c1-34-19-5-2-16-3-7-24(33)30(20(16)10-19)9-8-29-13-17(21(31)14-29)11-26-12-18-4-6-22-25(27-18)28-23(32)15-35-22/h2-7,10,17,21,26,31H,8-9,11-15H2,1H3,(H,27,28,32)/t17-,21+/m1/s1. The normalized spacial score (nSPS) is 20.1. The Kier molecular flexibility index (Phi) is 7.05. The lowest BCUT2D eigenvalue weighted by Gasteiger charge is -2.18. The van der Waals surface area contributed by atoms with Gasteiger partial charge in [0.15, 0.2) is 0 Å². The summed E-state index contributed by atoms with van der Waals surface area (Å²) in [5, 5.41) is 17.8. The third-order valence-electron chi connectivity index (χ3n) is 6.57. The van der Waals surface area contributed by atoms with Gasteiger partial charge < -0.3 is 25.0 Å². The Balaban J connectivity index is 1.16. The number of amides is 1. The van der Waals surface area contributed by atoms with Crippen molar-refractivity contribution in [3.05, 3.63) is 58.5 Å². The van der Waals surface area contributed by atoms with E-state index in [1.165, 1.54) is 11.8 Å². The smallest absolute Gasteiger partial charge is 0.251 e. The quantitative estimate of drug-likeness (QED) is 0.432. The summed E-state index contributed by atoms with van der Waals surface area (Å²) in [5.41, 5.74) is 1.65. The van der Waals surface area contributed by atoms with Crippen LogP contribution in [-0.4, -0.2) is 70.6 Å². The lowest BCUT2D eigenvalue weighted by molar-refractivity contribution is -0.113. The molecule has 0 saturated carbocycles. The van der Waals surface area contributed by atoms with Crippen molar-refractivity contribution < 1.29 is 14.6 Å². The maximum Gasteiger partial charge on any atom is 0.251 e. The average molecular weight is 496 g/mol. The van der Waals surface area contributed by atoms with Crippen LogP contribution in [0.15, 0.2) is 52.2 Å². The Labute approximate surface area is 207 Å². The molecular formula is C25H29N5O4S. The van der Waals surface area contributed by atoms with Crippen LogP contribution in [0.1, 0.15) is 5.69 Å². The summed E-state index contributed by atoms with van der Waals surface area (Å²) < 4.78 is 7.11. The van der Waals surface area contributed by atoms with Crippen molar-refractivity contribution in [3.8, 4) is 5.75 Å². The fourth-order valence-corrected chi connectivity index (χ4v) is 5.44. The van der Waals surface area contributed by atoms with Crippen molar-refractivity contribution in [3.63, 3.8) is 0 Å². The van der Waals surface area contributed by atoms with Gasteiger partial charge in [-0.15, -0.1) is 11.8 Å². The number of hydrogen-bond donors (Lipinski definition) is 3. The Morgan fingerprint density at radius 2 is 2.03 bits per heavy atom. The number of rotatable bonds is 8. The minimum absolute atomic E-state index is 0.0285. The predicted molar refractivity (Wildman–Crippen MR) is 136 cm³/mol. The summed E-state index contributed by atoms with van der Waals surface area (Å²) in [6.07, 6.45) is -0.431. The number of nitrogens with one attached hydrogen (secondary N) is 2.